The van der Waals surface area contributed by atoms with Crippen molar-refractivity contribution in [2.45, 2.75) is 12.6 Å². The molecule has 2 aliphatic heterocycles. The molecule has 0 aromatic heterocycles. The smallest absolute Gasteiger partial charge is 0.124 e. The second-order valence-electron chi connectivity index (χ2n) is 2.60. The van der Waals surface area contributed by atoms with E-state index in [9.17, 15) is 0 Å². The van der Waals surface area contributed by atoms with Crippen molar-refractivity contribution in [2.75, 3.05) is 0 Å². The summed E-state index contributed by atoms with van der Waals surface area (Å²) in [4.78, 5) is 4.30. The Labute approximate surface area is 60.3 Å². The van der Waals surface area contributed by atoms with Crippen molar-refractivity contribution in [1.82, 2.24) is 5.32 Å². The number of rotatable bonds is 0. The molecule has 0 amide bonds. The van der Waals surface area contributed by atoms with Crippen LogP contribution < -0.4 is 5.32 Å². The Morgan fingerprint density at radius 1 is 1.50 bits per heavy atom. The van der Waals surface area contributed by atoms with E-state index in [1.807, 2.05) is 18.5 Å². The first-order chi connectivity index (χ1) is 4.97. The van der Waals surface area contributed by atoms with E-state index in [2.05, 4.69) is 22.5 Å². The molecule has 52 valence electrons. The minimum Gasteiger partial charge on any atom is -0.370 e. The largest absolute Gasteiger partial charge is 0.370 e. The molecule has 1 N–H and O–H groups in total. The maximum atomic E-state index is 4.30. The summed E-state index contributed by atoms with van der Waals surface area (Å²) in [6.07, 6.45) is 11.6. The summed E-state index contributed by atoms with van der Waals surface area (Å²) in [6.45, 7) is 0. The van der Waals surface area contributed by atoms with E-state index >= 15 is 0 Å². The summed E-state index contributed by atoms with van der Waals surface area (Å²) >= 11 is 0. The van der Waals surface area contributed by atoms with Crippen LogP contribution in [0.2, 0.25) is 0 Å². The quantitative estimate of drug-likeness (QED) is 0.526. The van der Waals surface area contributed by atoms with E-state index in [1.54, 1.807) is 0 Å². The van der Waals surface area contributed by atoms with Crippen LogP contribution in [0.3, 0.4) is 0 Å². The number of hydrogen-bond donors (Lipinski definition) is 1. The van der Waals surface area contributed by atoms with Gasteiger partial charge in [-0.25, -0.2) is 0 Å². The molecule has 2 heterocycles. The molecular formula is C8H10N2. The van der Waals surface area contributed by atoms with Gasteiger partial charge in [-0.1, -0.05) is 12.2 Å². The van der Waals surface area contributed by atoms with Crippen LogP contribution in [0.4, 0.5) is 0 Å². The monoisotopic (exact) mass is 134 g/mol. The molecule has 0 saturated heterocycles. The third-order valence-electron chi connectivity index (χ3n) is 1.89. The van der Waals surface area contributed by atoms with Crippen LogP contribution in [-0.2, 0) is 0 Å². The summed E-state index contributed by atoms with van der Waals surface area (Å²) in [6, 6.07) is 0. The van der Waals surface area contributed by atoms with Gasteiger partial charge in [0.05, 0.1) is 0 Å². The Balaban J connectivity index is 2.18. The summed E-state index contributed by atoms with van der Waals surface area (Å²) in [5, 5.41) is 3.18. The lowest BCUT2D eigenvalue weighted by atomic mass is 10.1. The Kier molecular flexibility index (Phi) is 1.31. The SMILES string of the molecule is C1=CCC2C=CNC2N=C1. The summed E-state index contributed by atoms with van der Waals surface area (Å²) < 4.78 is 0. The third kappa shape index (κ3) is 0.856. The minimum atomic E-state index is 0.301. The van der Waals surface area contributed by atoms with Gasteiger partial charge in [0.1, 0.15) is 6.17 Å². The lowest BCUT2D eigenvalue weighted by Crippen LogP contribution is -2.23. The molecule has 0 fully saturated rings. The first-order valence-corrected chi connectivity index (χ1v) is 3.58. The van der Waals surface area contributed by atoms with E-state index in [0.29, 0.717) is 12.1 Å². The standard InChI is InChI=1S/C8H10N2/c1-2-5-9-8-7(3-1)4-6-10-8/h1-2,4-8,10H,3H2. The summed E-state index contributed by atoms with van der Waals surface area (Å²) in [5.74, 6) is 0.579. The van der Waals surface area contributed by atoms with Gasteiger partial charge < -0.3 is 5.32 Å². The first kappa shape index (κ1) is 5.71. The second-order valence-corrected chi connectivity index (χ2v) is 2.60. The molecule has 0 bridgehead atoms. The fourth-order valence-corrected chi connectivity index (χ4v) is 1.31. The van der Waals surface area contributed by atoms with Crippen molar-refractivity contribution < 1.29 is 0 Å². The van der Waals surface area contributed by atoms with Crippen LogP contribution in [0.25, 0.3) is 0 Å². The first-order valence-electron chi connectivity index (χ1n) is 3.58. The van der Waals surface area contributed by atoms with Crippen molar-refractivity contribution in [3.05, 3.63) is 24.4 Å². The number of nitrogens with one attached hydrogen (secondary N) is 1. The maximum absolute atomic E-state index is 4.30. The highest BCUT2D eigenvalue weighted by Gasteiger charge is 2.19. The van der Waals surface area contributed by atoms with E-state index in [4.69, 9.17) is 0 Å². The fourth-order valence-electron chi connectivity index (χ4n) is 1.31. The molecule has 2 aliphatic rings. The van der Waals surface area contributed by atoms with Gasteiger partial charge >= 0.3 is 0 Å². The highest BCUT2D eigenvalue weighted by Crippen LogP contribution is 2.18. The van der Waals surface area contributed by atoms with Crippen molar-refractivity contribution in [2.24, 2.45) is 10.9 Å². The van der Waals surface area contributed by atoms with Crippen LogP contribution in [0.5, 0.6) is 0 Å². The minimum absolute atomic E-state index is 0.301. The predicted molar refractivity (Wildman–Crippen MR) is 41.8 cm³/mol. The molecule has 0 aromatic rings. The molecule has 0 radical (unpaired) electrons. The molecule has 0 spiro atoms. The molecule has 2 unspecified atom stereocenters. The Bertz CT molecular complexity index is 203. The number of hydrogen-bond acceptors (Lipinski definition) is 2. The predicted octanol–water partition coefficient (Wildman–Crippen LogP) is 1.08. The molecule has 2 heteroatoms. The van der Waals surface area contributed by atoms with Crippen LogP contribution >= 0.6 is 0 Å². The van der Waals surface area contributed by atoms with Crippen LogP contribution in [0.15, 0.2) is 29.4 Å². The zero-order valence-electron chi connectivity index (χ0n) is 5.70. The molecular weight excluding hydrogens is 124 g/mol. The average Bonchev–Trinajstić information content (AvgIpc) is 2.28. The van der Waals surface area contributed by atoms with Gasteiger partial charge in [0.25, 0.3) is 0 Å². The summed E-state index contributed by atoms with van der Waals surface area (Å²) in [5.41, 5.74) is 0. The molecule has 10 heavy (non-hydrogen) atoms. The van der Waals surface area contributed by atoms with Gasteiger partial charge in [0, 0.05) is 12.1 Å². The van der Waals surface area contributed by atoms with Crippen molar-refractivity contribution in [3.8, 4) is 0 Å². The Morgan fingerprint density at radius 3 is 3.50 bits per heavy atom. The Morgan fingerprint density at radius 2 is 2.50 bits per heavy atom. The Hall–Kier alpha value is -1.05. The molecule has 0 aromatic carbocycles. The van der Waals surface area contributed by atoms with E-state index in [1.165, 1.54) is 0 Å². The van der Waals surface area contributed by atoms with Crippen molar-refractivity contribution in [1.29, 1.82) is 0 Å². The zero-order chi connectivity index (χ0) is 6.81. The van der Waals surface area contributed by atoms with Gasteiger partial charge in [-0.15, -0.1) is 0 Å². The average molecular weight is 134 g/mol. The van der Waals surface area contributed by atoms with Crippen LogP contribution in [0, 0.1) is 5.92 Å². The third-order valence-corrected chi connectivity index (χ3v) is 1.89. The topological polar surface area (TPSA) is 24.4 Å². The van der Waals surface area contributed by atoms with Gasteiger partial charge in [-0.2, -0.15) is 0 Å². The molecule has 0 saturated carbocycles. The summed E-state index contributed by atoms with van der Waals surface area (Å²) in [7, 11) is 0. The van der Waals surface area contributed by atoms with E-state index in [-0.39, 0.29) is 0 Å². The van der Waals surface area contributed by atoms with Crippen molar-refractivity contribution in [3.63, 3.8) is 0 Å². The zero-order valence-corrected chi connectivity index (χ0v) is 5.70. The molecule has 2 rings (SSSR count). The van der Waals surface area contributed by atoms with Gasteiger partial charge in [-0.3, -0.25) is 4.99 Å². The van der Waals surface area contributed by atoms with E-state index < -0.39 is 0 Å². The number of nitrogens with zero attached hydrogens (tertiary/aromatic N) is 1. The van der Waals surface area contributed by atoms with Crippen molar-refractivity contribution >= 4 is 6.21 Å². The number of aliphatic imine (C=N–C) groups is 1. The lowest BCUT2D eigenvalue weighted by molar-refractivity contribution is 0.509. The molecule has 2 atom stereocenters. The van der Waals surface area contributed by atoms with Gasteiger partial charge in [-0.05, 0) is 18.7 Å². The molecule has 2 nitrogen and oxygen atoms in total. The van der Waals surface area contributed by atoms with Gasteiger partial charge in [0.2, 0.25) is 0 Å². The number of fused-ring (bicyclic) bond motifs is 1. The fraction of sp³-hybridized carbons (Fsp3) is 0.375. The van der Waals surface area contributed by atoms with Crippen LogP contribution in [0.1, 0.15) is 6.42 Å². The maximum Gasteiger partial charge on any atom is 0.124 e. The van der Waals surface area contributed by atoms with Gasteiger partial charge in [0.15, 0.2) is 0 Å². The number of allylic oxidation sites excluding steroid dienone is 2. The van der Waals surface area contributed by atoms with Crippen LogP contribution in [-0.4, -0.2) is 12.4 Å². The highest BCUT2D eigenvalue weighted by atomic mass is 15.1. The molecule has 0 aliphatic carbocycles. The van der Waals surface area contributed by atoms with E-state index in [0.717, 1.165) is 6.42 Å². The lowest BCUT2D eigenvalue weighted by Gasteiger charge is -2.11. The second kappa shape index (κ2) is 2.29. The highest BCUT2D eigenvalue weighted by molar-refractivity contribution is 5.71. The normalized spacial score (nSPS) is 35.2.